The van der Waals surface area contributed by atoms with Crippen molar-refractivity contribution in [2.24, 2.45) is 0 Å². The van der Waals surface area contributed by atoms with Crippen LogP contribution < -0.4 is 9.50 Å². The second kappa shape index (κ2) is 6.21. The van der Waals surface area contributed by atoms with E-state index < -0.39 is 23.2 Å². The first-order chi connectivity index (χ1) is 8.08. The second-order valence-electron chi connectivity index (χ2n) is 2.49. The van der Waals surface area contributed by atoms with Crippen LogP contribution in [-0.2, 0) is 15.2 Å². The average Bonchev–Trinajstić information content (AvgIpc) is 2.17. The third kappa shape index (κ3) is 6.09. The first-order valence-electron chi connectivity index (χ1n) is 5.16. The van der Waals surface area contributed by atoms with Gasteiger partial charge >= 0.3 is 10.4 Å². The van der Waals surface area contributed by atoms with E-state index in [-0.39, 0.29) is 41.0 Å². The third-order valence-corrected chi connectivity index (χ3v) is 1.72. The fourth-order valence-corrected chi connectivity index (χ4v) is 1.20. The molecule has 0 bridgehead atoms. The summed E-state index contributed by atoms with van der Waals surface area (Å²) < 4.78 is 53.8. The summed E-state index contributed by atoms with van der Waals surface area (Å²) in [7, 11) is -4.61. The quantitative estimate of drug-likeness (QED) is 0.605. The van der Waals surface area contributed by atoms with Gasteiger partial charge in [0.1, 0.15) is 5.75 Å². The molecule has 0 atom stereocenters. The van der Waals surface area contributed by atoms with Crippen molar-refractivity contribution in [2.45, 2.75) is 6.85 Å². The number of carbonyl (C=O) groups is 1. The van der Waals surface area contributed by atoms with E-state index in [1.54, 1.807) is 0 Å². The summed E-state index contributed by atoms with van der Waals surface area (Å²) in [4.78, 5) is 11.1. The number of nitrogens with one attached hydrogen (secondary N) is 1. The molecule has 16 heavy (non-hydrogen) atoms. The van der Waals surface area contributed by atoms with Crippen LogP contribution in [0.2, 0.25) is 0 Å². The van der Waals surface area contributed by atoms with Crippen molar-refractivity contribution in [3.05, 3.63) is 24.3 Å². The Morgan fingerprint density at radius 1 is 1.44 bits per heavy atom. The molecular weight excluding hydrogens is 245 g/mol. The van der Waals surface area contributed by atoms with Crippen LogP contribution in [0.1, 0.15) is 11.0 Å². The Bertz CT molecular complexity index is 542. The topological polar surface area (TPSA) is 92.7 Å². The van der Waals surface area contributed by atoms with Gasteiger partial charge in [0, 0.05) is 46.2 Å². The molecule has 0 saturated heterocycles. The monoisotopic (exact) mass is 257 g/mol. The van der Waals surface area contributed by atoms with Gasteiger partial charge in [-0.2, -0.15) is 8.42 Å². The molecule has 0 heterocycles. The molecule has 1 amide bonds. The SMILES string of the molecule is [2H]C([2H])([2H])C(=O)Nc1ccc(OS(=O)(=O)O)cc1.[Na]. The molecule has 0 fully saturated rings. The van der Waals surface area contributed by atoms with Crippen LogP contribution in [0.25, 0.3) is 0 Å². The smallest absolute Gasteiger partial charge is 0.362 e. The number of hydrogen-bond acceptors (Lipinski definition) is 4. The third-order valence-electron chi connectivity index (χ3n) is 1.31. The van der Waals surface area contributed by atoms with E-state index in [1.807, 2.05) is 0 Å². The van der Waals surface area contributed by atoms with Gasteiger partial charge in [0.15, 0.2) is 0 Å². The molecule has 0 aliphatic carbocycles. The maximum atomic E-state index is 11.1. The maximum Gasteiger partial charge on any atom is 0.446 e. The van der Waals surface area contributed by atoms with Crippen molar-refractivity contribution in [3.8, 4) is 5.75 Å². The van der Waals surface area contributed by atoms with Gasteiger partial charge < -0.3 is 9.50 Å². The Hall–Kier alpha value is -0.600. The van der Waals surface area contributed by atoms with Gasteiger partial charge in [-0.05, 0) is 24.3 Å². The van der Waals surface area contributed by atoms with Gasteiger partial charge in [-0.15, -0.1) is 0 Å². The Morgan fingerprint density at radius 3 is 2.44 bits per heavy atom. The molecule has 1 rings (SSSR count). The normalized spacial score (nSPS) is 13.7. The summed E-state index contributed by atoms with van der Waals surface area (Å²) in [6, 6.07) is 4.74. The number of benzene rings is 1. The summed E-state index contributed by atoms with van der Waals surface area (Å²) in [6.07, 6.45) is 0. The molecule has 0 saturated carbocycles. The van der Waals surface area contributed by atoms with E-state index in [2.05, 4.69) is 9.50 Å². The average molecular weight is 257 g/mol. The largest absolute Gasteiger partial charge is 0.446 e. The molecule has 0 spiro atoms. The zero-order chi connectivity index (χ0) is 14.0. The molecule has 1 radical (unpaired) electrons. The first-order valence-corrected chi connectivity index (χ1v) is 5.03. The summed E-state index contributed by atoms with van der Waals surface area (Å²) in [5, 5.41) is 2.10. The Balaban J connectivity index is 0.00000324. The maximum absolute atomic E-state index is 11.1. The van der Waals surface area contributed by atoms with E-state index in [4.69, 9.17) is 8.67 Å². The molecule has 2 N–H and O–H groups in total. The van der Waals surface area contributed by atoms with E-state index in [0.717, 1.165) is 12.1 Å². The van der Waals surface area contributed by atoms with Crippen LogP contribution in [0.15, 0.2) is 24.3 Å². The summed E-state index contributed by atoms with van der Waals surface area (Å²) >= 11 is 0. The molecular formula is C8H9NNaO5S. The van der Waals surface area contributed by atoms with Gasteiger partial charge in [0.25, 0.3) is 0 Å². The van der Waals surface area contributed by atoms with Crippen LogP contribution in [-0.4, -0.2) is 48.4 Å². The van der Waals surface area contributed by atoms with Crippen LogP contribution in [0, 0.1) is 0 Å². The van der Waals surface area contributed by atoms with E-state index in [1.165, 1.54) is 12.1 Å². The fraction of sp³-hybridized carbons (Fsp3) is 0.125. The zero-order valence-corrected chi connectivity index (χ0v) is 11.1. The van der Waals surface area contributed by atoms with Crippen molar-refractivity contribution in [1.29, 1.82) is 0 Å². The van der Waals surface area contributed by atoms with Gasteiger partial charge in [-0.25, -0.2) is 0 Å². The number of amides is 1. The van der Waals surface area contributed by atoms with Crippen LogP contribution in [0.5, 0.6) is 5.75 Å². The number of anilines is 1. The molecule has 8 heteroatoms. The molecule has 0 aliphatic rings. The van der Waals surface area contributed by atoms with Gasteiger partial charge in [-0.1, -0.05) is 0 Å². The predicted molar refractivity (Wildman–Crippen MR) is 58.7 cm³/mol. The molecule has 0 unspecified atom stereocenters. The first kappa shape index (κ1) is 10.5. The van der Waals surface area contributed by atoms with Crippen molar-refractivity contribution in [1.82, 2.24) is 0 Å². The number of rotatable bonds is 3. The minimum absolute atomic E-state index is 0. The summed E-state index contributed by atoms with van der Waals surface area (Å²) in [5.41, 5.74) is 0.152. The van der Waals surface area contributed by atoms with E-state index >= 15 is 0 Å². The van der Waals surface area contributed by atoms with Gasteiger partial charge in [-0.3, -0.25) is 9.35 Å². The zero-order valence-electron chi connectivity index (χ0n) is 11.3. The van der Waals surface area contributed by atoms with Crippen LogP contribution in [0.3, 0.4) is 0 Å². The fourth-order valence-electron chi connectivity index (χ4n) is 0.847. The molecule has 83 valence electrons. The summed E-state index contributed by atoms with van der Waals surface area (Å²) in [5.74, 6) is -1.34. The molecule has 1 aromatic carbocycles. The second-order valence-corrected chi connectivity index (χ2v) is 3.51. The van der Waals surface area contributed by atoms with Crippen molar-refractivity contribution < 1.29 is 26.1 Å². The Morgan fingerprint density at radius 2 is 2.00 bits per heavy atom. The minimum Gasteiger partial charge on any atom is -0.362 e. The Labute approximate surface area is 119 Å². The van der Waals surface area contributed by atoms with Gasteiger partial charge in [0.05, 0.1) is 0 Å². The van der Waals surface area contributed by atoms with Crippen LogP contribution >= 0.6 is 0 Å². The summed E-state index contributed by atoms with van der Waals surface area (Å²) in [6.45, 7) is -2.77. The molecule has 1 aromatic rings. The van der Waals surface area contributed by atoms with Crippen LogP contribution in [0.4, 0.5) is 5.69 Å². The van der Waals surface area contributed by atoms with Crippen molar-refractivity contribution >= 4 is 51.6 Å². The van der Waals surface area contributed by atoms with E-state index in [0.29, 0.717) is 0 Å². The number of hydrogen-bond donors (Lipinski definition) is 2. The van der Waals surface area contributed by atoms with Gasteiger partial charge in [0.2, 0.25) is 5.91 Å². The van der Waals surface area contributed by atoms with E-state index in [9.17, 15) is 13.2 Å². The Kier molecular flexibility index (Phi) is 4.10. The molecule has 0 aliphatic heterocycles. The minimum atomic E-state index is -4.61. The van der Waals surface area contributed by atoms with Crippen molar-refractivity contribution in [3.63, 3.8) is 0 Å². The molecule has 6 nitrogen and oxygen atoms in total. The standard InChI is InChI=1S/C8H9NO5S.Na/c1-6(10)9-7-2-4-8(5-3-7)14-15(11,12)13;/h2-5H,1H3,(H,9,10)(H,11,12,13);/i1D3;. The van der Waals surface area contributed by atoms with Crippen molar-refractivity contribution in [2.75, 3.05) is 5.32 Å². The number of carbonyl (C=O) groups excluding carboxylic acids is 1. The molecule has 0 aromatic heterocycles. The predicted octanol–water partition coefficient (Wildman–Crippen LogP) is 0.446.